The average molecular weight is 364 g/mol. The van der Waals surface area contributed by atoms with Crippen LogP contribution in [0.3, 0.4) is 0 Å². The number of rotatable bonds is 3. The van der Waals surface area contributed by atoms with Gasteiger partial charge in [-0.1, -0.05) is 39.7 Å². The Morgan fingerprint density at radius 2 is 1.75 bits per heavy atom. The lowest BCUT2D eigenvalue weighted by Gasteiger charge is -2.07. The van der Waals surface area contributed by atoms with Gasteiger partial charge in [-0.2, -0.15) is 0 Å². The number of benzene rings is 2. The molecule has 0 aromatic heterocycles. The first-order valence-electron chi connectivity index (χ1n) is 5.50. The van der Waals surface area contributed by atoms with Crippen LogP contribution < -0.4 is 0 Å². The maximum atomic E-state index is 13.7. The van der Waals surface area contributed by atoms with Gasteiger partial charge in [-0.25, -0.2) is 13.2 Å². The molecule has 0 unspecified atom stereocenters. The van der Waals surface area contributed by atoms with E-state index in [1.165, 1.54) is 18.2 Å². The SMILES string of the molecule is O=C(Cc1cccc(Cl)c1F)c1c(F)cc(Br)cc1F. The standard InChI is InChI=1S/C14H7BrClF3O/c15-8-5-10(17)13(11(18)6-8)12(20)4-7-2-1-3-9(16)14(7)19/h1-3,5-6H,4H2. The zero-order chi connectivity index (χ0) is 14.9. The molecule has 2 aromatic rings. The highest BCUT2D eigenvalue weighted by Gasteiger charge is 2.20. The van der Waals surface area contributed by atoms with Crippen molar-refractivity contribution in [2.24, 2.45) is 0 Å². The molecule has 0 spiro atoms. The summed E-state index contributed by atoms with van der Waals surface area (Å²) in [5, 5.41) is -0.146. The second-order valence-electron chi connectivity index (χ2n) is 4.06. The molecule has 6 heteroatoms. The van der Waals surface area contributed by atoms with Gasteiger partial charge in [-0.05, 0) is 23.8 Å². The first kappa shape index (κ1) is 15.1. The fourth-order valence-corrected chi connectivity index (χ4v) is 2.35. The van der Waals surface area contributed by atoms with Gasteiger partial charge in [0.2, 0.25) is 0 Å². The fourth-order valence-electron chi connectivity index (χ4n) is 1.75. The van der Waals surface area contributed by atoms with Crippen molar-refractivity contribution in [3.63, 3.8) is 0 Å². The molecule has 2 rings (SSSR count). The molecule has 0 fully saturated rings. The minimum atomic E-state index is -0.996. The predicted molar refractivity (Wildman–Crippen MR) is 73.5 cm³/mol. The molecule has 0 aliphatic rings. The first-order valence-corrected chi connectivity index (χ1v) is 6.68. The second kappa shape index (κ2) is 5.97. The third-order valence-corrected chi connectivity index (χ3v) is 3.42. The topological polar surface area (TPSA) is 17.1 Å². The van der Waals surface area contributed by atoms with E-state index >= 15 is 0 Å². The van der Waals surface area contributed by atoms with E-state index in [9.17, 15) is 18.0 Å². The quantitative estimate of drug-likeness (QED) is 0.706. The number of halogens is 5. The molecular formula is C14H7BrClF3O. The Morgan fingerprint density at radius 3 is 2.35 bits per heavy atom. The van der Waals surface area contributed by atoms with Gasteiger partial charge in [0.1, 0.15) is 17.5 Å². The van der Waals surface area contributed by atoms with E-state index in [1.807, 2.05) is 0 Å². The van der Waals surface area contributed by atoms with Crippen molar-refractivity contribution >= 4 is 33.3 Å². The molecule has 0 aliphatic heterocycles. The lowest BCUT2D eigenvalue weighted by atomic mass is 10.0. The second-order valence-corrected chi connectivity index (χ2v) is 5.38. The fraction of sp³-hybridized carbons (Fsp3) is 0.0714. The summed E-state index contributed by atoms with van der Waals surface area (Å²) < 4.78 is 41.1. The van der Waals surface area contributed by atoms with Crippen LogP contribution in [0.1, 0.15) is 15.9 Å². The highest BCUT2D eigenvalue weighted by Crippen LogP contribution is 2.23. The van der Waals surface area contributed by atoms with Crippen LogP contribution in [0.4, 0.5) is 13.2 Å². The van der Waals surface area contributed by atoms with E-state index in [0.29, 0.717) is 0 Å². The van der Waals surface area contributed by atoms with Gasteiger partial charge >= 0.3 is 0 Å². The molecule has 0 saturated heterocycles. The molecule has 104 valence electrons. The number of Topliss-reactive ketones (excluding diaryl/α,β-unsaturated/α-hetero) is 1. The Balaban J connectivity index is 2.36. The summed E-state index contributed by atoms with van der Waals surface area (Å²) in [4.78, 5) is 11.9. The first-order chi connectivity index (χ1) is 9.40. The summed E-state index contributed by atoms with van der Waals surface area (Å²) >= 11 is 8.50. The van der Waals surface area contributed by atoms with Crippen LogP contribution in [0.5, 0.6) is 0 Å². The third kappa shape index (κ3) is 3.04. The summed E-state index contributed by atoms with van der Waals surface area (Å²) in [5.74, 6) is -3.61. The number of hydrogen-bond acceptors (Lipinski definition) is 1. The molecule has 0 heterocycles. The predicted octanol–water partition coefficient (Wildman–Crippen LogP) is 4.95. The molecule has 0 radical (unpaired) electrons. The molecule has 0 atom stereocenters. The van der Waals surface area contributed by atoms with Gasteiger partial charge in [0.15, 0.2) is 5.78 Å². The molecule has 20 heavy (non-hydrogen) atoms. The average Bonchev–Trinajstić information content (AvgIpc) is 2.33. The van der Waals surface area contributed by atoms with Gasteiger partial charge in [0.05, 0.1) is 10.6 Å². The largest absolute Gasteiger partial charge is 0.294 e. The van der Waals surface area contributed by atoms with Crippen LogP contribution in [0.15, 0.2) is 34.8 Å². The van der Waals surface area contributed by atoms with Gasteiger partial charge in [0.25, 0.3) is 0 Å². The van der Waals surface area contributed by atoms with E-state index < -0.39 is 35.2 Å². The van der Waals surface area contributed by atoms with E-state index in [4.69, 9.17) is 11.6 Å². The lowest BCUT2D eigenvalue weighted by Crippen LogP contribution is -2.10. The summed E-state index contributed by atoms with van der Waals surface area (Å²) in [6, 6.07) is 6.08. The van der Waals surface area contributed by atoms with Crippen LogP contribution in [-0.4, -0.2) is 5.78 Å². The highest BCUT2D eigenvalue weighted by atomic mass is 79.9. The van der Waals surface area contributed by atoms with Gasteiger partial charge in [-0.15, -0.1) is 0 Å². The lowest BCUT2D eigenvalue weighted by molar-refractivity contribution is 0.0983. The molecule has 2 aromatic carbocycles. The maximum Gasteiger partial charge on any atom is 0.173 e. The van der Waals surface area contributed by atoms with Crippen molar-refractivity contribution in [2.45, 2.75) is 6.42 Å². The molecule has 0 amide bonds. The Labute approximate surface area is 126 Å². The third-order valence-electron chi connectivity index (χ3n) is 2.67. The Morgan fingerprint density at radius 1 is 1.15 bits per heavy atom. The van der Waals surface area contributed by atoms with Gasteiger partial charge < -0.3 is 0 Å². The zero-order valence-electron chi connectivity index (χ0n) is 9.89. The van der Waals surface area contributed by atoms with Gasteiger partial charge in [0, 0.05) is 10.9 Å². The molecular weight excluding hydrogens is 357 g/mol. The normalized spacial score (nSPS) is 10.7. The smallest absolute Gasteiger partial charge is 0.173 e. The van der Waals surface area contributed by atoms with Crippen LogP contribution in [0.25, 0.3) is 0 Å². The van der Waals surface area contributed by atoms with E-state index in [1.54, 1.807) is 0 Å². The zero-order valence-corrected chi connectivity index (χ0v) is 12.2. The monoisotopic (exact) mass is 362 g/mol. The van der Waals surface area contributed by atoms with Crippen LogP contribution >= 0.6 is 27.5 Å². The van der Waals surface area contributed by atoms with Crippen LogP contribution in [0, 0.1) is 17.5 Å². The maximum absolute atomic E-state index is 13.7. The van der Waals surface area contributed by atoms with Crippen molar-refractivity contribution < 1.29 is 18.0 Å². The van der Waals surface area contributed by atoms with Crippen molar-refractivity contribution in [1.82, 2.24) is 0 Å². The van der Waals surface area contributed by atoms with Crippen LogP contribution in [-0.2, 0) is 6.42 Å². The number of carbonyl (C=O) groups excluding carboxylic acids is 1. The van der Waals surface area contributed by atoms with E-state index in [2.05, 4.69) is 15.9 Å². The number of carbonyl (C=O) groups is 1. The summed E-state index contributed by atoms with van der Waals surface area (Å²) in [6.45, 7) is 0. The number of ketones is 1. The van der Waals surface area contributed by atoms with Crippen molar-refractivity contribution in [2.75, 3.05) is 0 Å². The van der Waals surface area contributed by atoms with Gasteiger partial charge in [-0.3, -0.25) is 4.79 Å². The van der Waals surface area contributed by atoms with Crippen molar-refractivity contribution in [3.8, 4) is 0 Å². The number of hydrogen-bond donors (Lipinski definition) is 0. The molecule has 0 saturated carbocycles. The Hall–Kier alpha value is -1.33. The summed E-state index contributed by atoms with van der Waals surface area (Å²) in [7, 11) is 0. The van der Waals surface area contributed by atoms with Crippen molar-refractivity contribution in [3.05, 3.63) is 68.4 Å². The van der Waals surface area contributed by atoms with E-state index in [-0.39, 0.29) is 15.1 Å². The molecule has 0 N–H and O–H groups in total. The minimum absolute atomic E-state index is 0.00998. The summed E-state index contributed by atoms with van der Waals surface area (Å²) in [6.07, 6.45) is -0.470. The van der Waals surface area contributed by atoms with Crippen molar-refractivity contribution in [1.29, 1.82) is 0 Å². The molecule has 0 aliphatic carbocycles. The Kier molecular flexibility index (Phi) is 4.50. The Bertz CT molecular complexity index is 665. The minimum Gasteiger partial charge on any atom is -0.294 e. The summed E-state index contributed by atoms with van der Waals surface area (Å²) in [5.41, 5.74) is -0.697. The van der Waals surface area contributed by atoms with E-state index in [0.717, 1.165) is 12.1 Å². The highest BCUT2D eigenvalue weighted by molar-refractivity contribution is 9.10. The molecule has 1 nitrogen and oxygen atoms in total. The molecule has 0 bridgehead atoms. The van der Waals surface area contributed by atoms with Crippen LogP contribution in [0.2, 0.25) is 5.02 Å².